The Morgan fingerprint density at radius 1 is 1.13 bits per heavy atom. The summed E-state index contributed by atoms with van der Waals surface area (Å²) in [5.74, 6) is 2.12. The van der Waals surface area contributed by atoms with Gasteiger partial charge in [-0.05, 0) is 97.2 Å². The third-order valence-corrected chi connectivity index (χ3v) is 7.73. The summed E-state index contributed by atoms with van der Waals surface area (Å²) in [4.78, 5) is 3.77. The van der Waals surface area contributed by atoms with E-state index in [1.54, 1.807) is 11.9 Å². The molecule has 2 aliphatic carbocycles. The van der Waals surface area contributed by atoms with E-state index in [-0.39, 0.29) is 0 Å². The van der Waals surface area contributed by atoms with Gasteiger partial charge >= 0.3 is 0 Å². The number of fused-ring (bicyclic) bond motifs is 4. The molecule has 2 aliphatic rings. The summed E-state index contributed by atoms with van der Waals surface area (Å²) in [5.41, 5.74) is 11.5. The fourth-order valence-electron chi connectivity index (χ4n) is 6.02. The summed E-state index contributed by atoms with van der Waals surface area (Å²) >= 11 is 0. The first-order valence-electron chi connectivity index (χ1n) is 11.7. The van der Waals surface area contributed by atoms with E-state index >= 15 is 0 Å². The maximum atomic E-state index is 4.29. The molecule has 31 heavy (non-hydrogen) atoms. The first kappa shape index (κ1) is 18.9. The Labute approximate surface area is 183 Å². The van der Waals surface area contributed by atoms with Crippen LogP contribution in [0.5, 0.6) is 0 Å². The molecule has 3 heterocycles. The van der Waals surface area contributed by atoms with Crippen LogP contribution in [-0.2, 0) is 0 Å². The predicted octanol–water partition coefficient (Wildman–Crippen LogP) is 6.82. The Balaban J connectivity index is 1.55. The minimum atomic E-state index is 0.423. The molecular formula is C27H30N4. The topological polar surface area (TPSA) is 46.0 Å². The molecule has 0 saturated heterocycles. The molecule has 1 fully saturated rings. The van der Waals surface area contributed by atoms with Gasteiger partial charge in [0, 0.05) is 22.7 Å². The lowest BCUT2D eigenvalue weighted by molar-refractivity contribution is 0.529. The Hall–Kier alpha value is -2.88. The molecule has 1 N–H and O–H groups in total. The number of benzene rings is 1. The molecule has 6 rings (SSSR count). The summed E-state index contributed by atoms with van der Waals surface area (Å²) in [6, 6.07) is 7.06. The van der Waals surface area contributed by atoms with E-state index in [9.17, 15) is 0 Å². The van der Waals surface area contributed by atoms with E-state index in [4.69, 9.17) is 0 Å². The molecule has 0 amide bonds. The fourth-order valence-corrected chi connectivity index (χ4v) is 6.02. The number of H-pyrrole nitrogens is 1. The number of hydrogen-bond acceptors (Lipinski definition) is 2. The van der Waals surface area contributed by atoms with Crippen molar-refractivity contribution < 1.29 is 0 Å². The molecule has 158 valence electrons. The Morgan fingerprint density at radius 3 is 2.81 bits per heavy atom. The smallest absolute Gasteiger partial charge is 0.163 e. The Bertz CT molecular complexity index is 1350. The third kappa shape index (κ3) is 2.88. The zero-order chi connectivity index (χ0) is 21.3. The molecule has 3 aromatic heterocycles. The highest BCUT2D eigenvalue weighted by molar-refractivity contribution is 5.94. The van der Waals surface area contributed by atoms with Gasteiger partial charge in [0.1, 0.15) is 6.33 Å². The zero-order valence-electron chi connectivity index (χ0n) is 18.9. The molecule has 1 saturated carbocycles. The molecule has 2 atom stereocenters. The highest BCUT2D eigenvalue weighted by Crippen LogP contribution is 2.45. The van der Waals surface area contributed by atoms with Gasteiger partial charge in [-0.1, -0.05) is 26.0 Å². The first-order valence-corrected chi connectivity index (χ1v) is 11.7. The van der Waals surface area contributed by atoms with E-state index < -0.39 is 0 Å². The zero-order valence-corrected chi connectivity index (χ0v) is 18.9. The van der Waals surface area contributed by atoms with E-state index in [2.05, 4.69) is 73.3 Å². The van der Waals surface area contributed by atoms with Gasteiger partial charge in [-0.25, -0.2) is 0 Å². The first-order chi connectivity index (χ1) is 15.0. The lowest BCUT2D eigenvalue weighted by Crippen LogP contribution is -2.04. The summed E-state index contributed by atoms with van der Waals surface area (Å²) in [5, 5.41) is 9.77. The monoisotopic (exact) mass is 410 g/mol. The second kappa shape index (κ2) is 6.81. The van der Waals surface area contributed by atoms with Gasteiger partial charge in [-0.15, -0.1) is 10.2 Å². The molecule has 4 nitrogen and oxygen atoms in total. The van der Waals surface area contributed by atoms with Crippen molar-refractivity contribution in [2.75, 3.05) is 0 Å². The second-order valence-electron chi connectivity index (χ2n) is 10.0. The molecule has 4 aromatic rings. The van der Waals surface area contributed by atoms with Crippen LogP contribution in [0, 0.1) is 25.7 Å². The van der Waals surface area contributed by atoms with Gasteiger partial charge in [-0.3, -0.25) is 4.40 Å². The Morgan fingerprint density at radius 2 is 2.00 bits per heavy atom. The molecule has 4 heteroatoms. The van der Waals surface area contributed by atoms with Gasteiger partial charge in [0.15, 0.2) is 5.65 Å². The van der Waals surface area contributed by atoms with Crippen LogP contribution in [-0.4, -0.2) is 19.6 Å². The molecule has 2 bridgehead atoms. The van der Waals surface area contributed by atoms with Crippen molar-refractivity contribution in [2.24, 2.45) is 11.8 Å². The van der Waals surface area contributed by atoms with Gasteiger partial charge in [0.25, 0.3) is 0 Å². The minimum Gasteiger partial charge on any atom is -0.354 e. The van der Waals surface area contributed by atoms with Crippen LogP contribution in [0.25, 0.3) is 33.4 Å². The molecule has 1 aromatic carbocycles. The molecule has 0 unspecified atom stereocenters. The quantitative estimate of drug-likeness (QED) is 0.403. The second-order valence-corrected chi connectivity index (χ2v) is 10.0. The van der Waals surface area contributed by atoms with Crippen LogP contribution < -0.4 is 0 Å². The van der Waals surface area contributed by atoms with Crippen molar-refractivity contribution >= 4 is 22.1 Å². The lowest BCUT2D eigenvalue weighted by atomic mass is 9.85. The van der Waals surface area contributed by atoms with Gasteiger partial charge in [0.2, 0.25) is 0 Å². The number of aromatic amines is 1. The number of hydrogen-bond donors (Lipinski definition) is 1. The van der Waals surface area contributed by atoms with Crippen LogP contribution in [0.4, 0.5) is 0 Å². The largest absolute Gasteiger partial charge is 0.354 e. The van der Waals surface area contributed by atoms with Gasteiger partial charge in [-0.2, -0.15) is 0 Å². The van der Waals surface area contributed by atoms with Crippen molar-refractivity contribution in [2.45, 2.75) is 59.3 Å². The van der Waals surface area contributed by atoms with Crippen LogP contribution >= 0.6 is 0 Å². The average Bonchev–Trinajstić information content (AvgIpc) is 3.46. The van der Waals surface area contributed by atoms with Crippen molar-refractivity contribution in [3.8, 4) is 11.3 Å². The summed E-state index contributed by atoms with van der Waals surface area (Å²) in [6.07, 6.45) is 12.0. The van der Waals surface area contributed by atoms with Crippen LogP contribution in [0.2, 0.25) is 0 Å². The van der Waals surface area contributed by atoms with Crippen LogP contribution in [0.1, 0.15) is 67.7 Å². The summed E-state index contributed by atoms with van der Waals surface area (Å²) in [7, 11) is 0. The maximum Gasteiger partial charge on any atom is 0.163 e. The van der Waals surface area contributed by atoms with Crippen molar-refractivity contribution in [3.63, 3.8) is 0 Å². The standard InChI is InChI=1S/C27H30N4/c1-15(2)25-22-12-20(21-10-18-5-6-19(9-18)11-21)7-8-24(22)29-26(25)23-13-31-14-28-30-27(31)17(4)16(23)3/h7-8,10,12-15,18-19,29H,5-6,9,11H2,1-4H3/t18-,19+/m1/s1. The summed E-state index contributed by atoms with van der Waals surface area (Å²) in [6.45, 7) is 8.95. The maximum absolute atomic E-state index is 4.29. The average molecular weight is 411 g/mol. The SMILES string of the molecule is Cc1c(-c2[nH]c3ccc(C4=C[C@@H]5CC[C@H](C4)C5)cc3c2C(C)C)cn2cnnc2c1C. The third-order valence-electron chi connectivity index (χ3n) is 7.73. The van der Waals surface area contributed by atoms with E-state index in [0.717, 1.165) is 17.5 Å². The van der Waals surface area contributed by atoms with Crippen LogP contribution in [0.3, 0.4) is 0 Å². The number of aromatic nitrogens is 4. The minimum absolute atomic E-state index is 0.423. The highest BCUT2D eigenvalue weighted by Gasteiger charge is 2.29. The van der Waals surface area contributed by atoms with E-state index in [0.29, 0.717) is 5.92 Å². The van der Waals surface area contributed by atoms with E-state index in [1.807, 2.05) is 4.40 Å². The number of nitrogens with zero attached hydrogens (tertiary/aromatic N) is 3. The van der Waals surface area contributed by atoms with Crippen molar-refractivity contribution in [3.05, 3.63) is 59.1 Å². The molecular weight excluding hydrogens is 380 g/mol. The summed E-state index contributed by atoms with van der Waals surface area (Å²) < 4.78 is 2.04. The number of pyridine rings is 1. The lowest BCUT2D eigenvalue weighted by Gasteiger charge is -2.20. The fraction of sp³-hybridized carbons (Fsp3) is 0.407. The normalized spacial score (nSPS) is 20.9. The number of allylic oxidation sites excluding steroid dienone is 2. The van der Waals surface area contributed by atoms with Gasteiger partial charge in [0.05, 0.1) is 5.69 Å². The van der Waals surface area contributed by atoms with Gasteiger partial charge < -0.3 is 4.98 Å². The van der Waals surface area contributed by atoms with Crippen molar-refractivity contribution in [1.29, 1.82) is 0 Å². The van der Waals surface area contributed by atoms with E-state index in [1.165, 1.54) is 70.1 Å². The number of aryl methyl sites for hydroxylation is 1. The molecule has 0 aliphatic heterocycles. The number of nitrogens with one attached hydrogen (secondary N) is 1. The number of rotatable bonds is 3. The molecule has 0 radical (unpaired) electrons. The van der Waals surface area contributed by atoms with Crippen LogP contribution in [0.15, 0.2) is 36.8 Å². The Kier molecular flexibility index (Phi) is 4.14. The predicted molar refractivity (Wildman–Crippen MR) is 127 cm³/mol. The van der Waals surface area contributed by atoms with Crippen molar-refractivity contribution in [1.82, 2.24) is 19.6 Å². The highest BCUT2D eigenvalue weighted by atomic mass is 15.2. The molecule has 0 spiro atoms.